The van der Waals surface area contributed by atoms with E-state index in [9.17, 15) is 0 Å². The summed E-state index contributed by atoms with van der Waals surface area (Å²) in [4.78, 5) is 2.41. The molecule has 88 valence electrons. The van der Waals surface area contributed by atoms with Crippen molar-refractivity contribution in [3.63, 3.8) is 0 Å². The van der Waals surface area contributed by atoms with E-state index in [0.29, 0.717) is 0 Å². The molecule has 0 bridgehead atoms. The van der Waals surface area contributed by atoms with E-state index in [0.717, 1.165) is 18.2 Å². The van der Waals surface area contributed by atoms with Crippen molar-refractivity contribution in [2.24, 2.45) is 5.92 Å². The summed E-state index contributed by atoms with van der Waals surface area (Å²) in [5.41, 5.74) is 9.32. The van der Waals surface area contributed by atoms with E-state index in [2.05, 4.69) is 37.1 Å². The second-order valence-electron chi connectivity index (χ2n) is 5.18. The highest BCUT2D eigenvalue weighted by atomic mass is 15.1. The normalized spacial score (nSPS) is 16.4. The first-order valence-electron chi connectivity index (χ1n) is 6.18. The van der Waals surface area contributed by atoms with Crippen LogP contribution in [-0.2, 0) is 6.54 Å². The number of anilines is 1. The third-order valence-corrected chi connectivity index (χ3v) is 3.59. The average molecular weight is 218 g/mol. The standard InChI is InChI=1S/C14H22N2/c1-11-6-7-13(8-14(11)15)10-16(2)9-12-4-3-5-12/h6-8,12H,3-5,9-10,15H2,1-2H3. The van der Waals surface area contributed by atoms with Gasteiger partial charge < -0.3 is 10.6 Å². The molecule has 1 saturated carbocycles. The Bertz CT molecular complexity index is 356. The zero-order valence-electron chi connectivity index (χ0n) is 10.4. The van der Waals surface area contributed by atoms with E-state index in [-0.39, 0.29) is 0 Å². The Kier molecular flexibility index (Phi) is 3.49. The minimum atomic E-state index is 0.912. The maximum atomic E-state index is 5.92. The molecule has 1 aliphatic rings. The molecule has 0 spiro atoms. The topological polar surface area (TPSA) is 29.3 Å². The lowest BCUT2D eigenvalue weighted by Gasteiger charge is -2.30. The number of hydrogen-bond acceptors (Lipinski definition) is 2. The van der Waals surface area contributed by atoms with Crippen molar-refractivity contribution in [3.05, 3.63) is 29.3 Å². The molecule has 0 amide bonds. The van der Waals surface area contributed by atoms with Crippen LogP contribution < -0.4 is 5.73 Å². The number of nitrogens with zero attached hydrogens (tertiary/aromatic N) is 1. The molecule has 0 heterocycles. The number of nitrogen functional groups attached to an aromatic ring is 1. The van der Waals surface area contributed by atoms with Gasteiger partial charge in [-0.2, -0.15) is 0 Å². The van der Waals surface area contributed by atoms with Gasteiger partial charge >= 0.3 is 0 Å². The number of hydrogen-bond donors (Lipinski definition) is 1. The molecular weight excluding hydrogens is 196 g/mol. The highest BCUT2D eigenvalue weighted by Crippen LogP contribution is 2.27. The molecule has 2 nitrogen and oxygen atoms in total. The first-order valence-corrected chi connectivity index (χ1v) is 6.18. The molecule has 2 N–H and O–H groups in total. The van der Waals surface area contributed by atoms with Gasteiger partial charge in [0.2, 0.25) is 0 Å². The van der Waals surface area contributed by atoms with Crippen LogP contribution in [0.15, 0.2) is 18.2 Å². The van der Waals surface area contributed by atoms with Gasteiger partial charge in [-0.1, -0.05) is 18.6 Å². The minimum absolute atomic E-state index is 0.912. The summed E-state index contributed by atoms with van der Waals surface area (Å²) < 4.78 is 0. The first kappa shape index (κ1) is 11.5. The lowest BCUT2D eigenvalue weighted by Crippen LogP contribution is -2.29. The number of aryl methyl sites for hydroxylation is 1. The molecule has 1 aromatic carbocycles. The molecule has 0 atom stereocenters. The zero-order valence-corrected chi connectivity index (χ0v) is 10.4. The summed E-state index contributed by atoms with van der Waals surface area (Å²) in [6.07, 6.45) is 4.26. The summed E-state index contributed by atoms with van der Waals surface area (Å²) in [5.74, 6) is 0.938. The van der Waals surface area contributed by atoms with E-state index in [4.69, 9.17) is 5.73 Å². The Balaban J connectivity index is 1.89. The van der Waals surface area contributed by atoms with Crippen LogP contribution in [0.5, 0.6) is 0 Å². The Hall–Kier alpha value is -1.02. The molecule has 0 aromatic heterocycles. The van der Waals surface area contributed by atoms with E-state index in [1.807, 2.05) is 0 Å². The van der Waals surface area contributed by atoms with Crippen molar-refractivity contribution in [2.45, 2.75) is 32.7 Å². The van der Waals surface area contributed by atoms with Crippen LogP contribution in [0.25, 0.3) is 0 Å². The monoisotopic (exact) mass is 218 g/mol. The highest BCUT2D eigenvalue weighted by Gasteiger charge is 2.18. The van der Waals surface area contributed by atoms with Crippen molar-refractivity contribution in [2.75, 3.05) is 19.3 Å². The van der Waals surface area contributed by atoms with Crippen molar-refractivity contribution in [1.82, 2.24) is 4.90 Å². The Morgan fingerprint density at radius 3 is 2.69 bits per heavy atom. The van der Waals surface area contributed by atoms with Crippen molar-refractivity contribution in [3.8, 4) is 0 Å². The average Bonchev–Trinajstić information content (AvgIpc) is 2.18. The van der Waals surface area contributed by atoms with Crippen molar-refractivity contribution >= 4 is 5.69 Å². The van der Waals surface area contributed by atoms with E-state index in [1.165, 1.54) is 36.9 Å². The second kappa shape index (κ2) is 4.88. The van der Waals surface area contributed by atoms with Gasteiger partial charge in [0.15, 0.2) is 0 Å². The highest BCUT2D eigenvalue weighted by molar-refractivity contribution is 5.48. The Labute approximate surface area is 98.4 Å². The van der Waals surface area contributed by atoms with Crippen LogP contribution in [-0.4, -0.2) is 18.5 Å². The fourth-order valence-corrected chi connectivity index (χ4v) is 2.28. The number of rotatable bonds is 4. The largest absolute Gasteiger partial charge is 0.399 e. The molecule has 0 aliphatic heterocycles. The van der Waals surface area contributed by atoms with Crippen LogP contribution in [0.2, 0.25) is 0 Å². The lowest BCUT2D eigenvalue weighted by molar-refractivity contribution is 0.200. The summed E-state index contributed by atoms with van der Waals surface area (Å²) >= 11 is 0. The van der Waals surface area contributed by atoms with Gasteiger partial charge in [-0.05, 0) is 49.9 Å². The molecule has 16 heavy (non-hydrogen) atoms. The van der Waals surface area contributed by atoms with Gasteiger partial charge in [-0.25, -0.2) is 0 Å². The second-order valence-corrected chi connectivity index (χ2v) is 5.18. The van der Waals surface area contributed by atoms with E-state index >= 15 is 0 Å². The van der Waals surface area contributed by atoms with Crippen LogP contribution in [0.3, 0.4) is 0 Å². The zero-order chi connectivity index (χ0) is 11.5. The lowest BCUT2D eigenvalue weighted by atomic mass is 9.85. The molecule has 0 saturated heterocycles. The fraction of sp³-hybridized carbons (Fsp3) is 0.571. The fourth-order valence-electron chi connectivity index (χ4n) is 2.28. The number of benzene rings is 1. The molecular formula is C14H22N2. The third-order valence-electron chi connectivity index (χ3n) is 3.59. The van der Waals surface area contributed by atoms with Gasteiger partial charge in [0.1, 0.15) is 0 Å². The predicted molar refractivity (Wildman–Crippen MR) is 69.3 cm³/mol. The maximum Gasteiger partial charge on any atom is 0.0346 e. The number of nitrogens with two attached hydrogens (primary N) is 1. The summed E-state index contributed by atoms with van der Waals surface area (Å²) in [5, 5.41) is 0. The predicted octanol–water partition coefficient (Wildman–Crippen LogP) is 2.81. The first-order chi connectivity index (χ1) is 7.65. The van der Waals surface area contributed by atoms with Crippen molar-refractivity contribution in [1.29, 1.82) is 0 Å². The molecule has 0 radical (unpaired) electrons. The molecule has 0 unspecified atom stereocenters. The minimum Gasteiger partial charge on any atom is -0.399 e. The molecule has 1 aromatic rings. The summed E-state index contributed by atoms with van der Waals surface area (Å²) in [6.45, 7) is 4.30. The van der Waals surface area contributed by atoms with Gasteiger partial charge in [0.25, 0.3) is 0 Å². The smallest absolute Gasteiger partial charge is 0.0346 e. The molecule has 2 heteroatoms. The molecule has 1 fully saturated rings. The van der Waals surface area contributed by atoms with Gasteiger partial charge in [-0.15, -0.1) is 0 Å². The van der Waals surface area contributed by atoms with E-state index < -0.39 is 0 Å². The maximum absolute atomic E-state index is 5.92. The molecule has 2 rings (SSSR count). The van der Waals surface area contributed by atoms with Crippen LogP contribution in [0.4, 0.5) is 5.69 Å². The van der Waals surface area contributed by atoms with Crippen LogP contribution >= 0.6 is 0 Å². The van der Waals surface area contributed by atoms with Crippen LogP contribution in [0.1, 0.15) is 30.4 Å². The SMILES string of the molecule is Cc1ccc(CN(C)CC2CCC2)cc1N. The van der Waals surface area contributed by atoms with E-state index in [1.54, 1.807) is 0 Å². The third kappa shape index (κ3) is 2.76. The van der Waals surface area contributed by atoms with Gasteiger partial charge in [0, 0.05) is 18.8 Å². The van der Waals surface area contributed by atoms with Crippen molar-refractivity contribution < 1.29 is 0 Å². The van der Waals surface area contributed by atoms with Crippen LogP contribution in [0, 0.1) is 12.8 Å². The summed E-state index contributed by atoms with van der Waals surface area (Å²) in [7, 11) is 2.20. The Morgan fingerprint density at radius 2 is 2.12 bits per heavy atom. The van der Waals surface area contributed by atoms with Gasteiger partial charge in [0.05, 0.1) is 0 Å². The van der Waals surface area contributed by atoms with Gasteiger partial charge in [-0.3, -0.25) is 0 Å². The summed E-state index contributed by atoms with van der Waals surface area (Å²) in [6, 6.07) is 6.40. The molecule has 1 aliphatic carbocycles. The Morgan fingerprint density at radius 1 is 1.38 bits per heavy atom. The quantitative estimate of drug-likeness (QED) is 0.787.